The van der Waals surface area contributed by atoms with Crippen LogP contribution in [0.5, 0.6) is 69.0 Å². The van der Waals surface area contributed by atoms with Gasteiger partial charge in [-0.2, -0.15) is 0 Å². The molecule has 4 atom stereocenters. The number of ether oxygens (including phenoxy) is 14. The summed E-state index contributed by atoms with van der Waals surface area (Å²) in [6.45, 7) is 5.63. The maximum atomic E-state index is 13.0. The van der Waals surface area contributed by atoms with Gasteiger partial charge in [0.15, 0.2) is 46.0 Å². The monoisotopic (exact) mass is 1300 g/mol. The number of rotatable bonds is 32. The molecule has 23 heteroatoms. The lowest BCUT2D eigenvalue weighted by atomic mass is 9.85. The lowest BCUT2D eigenvalue weighted by Crippen LogP contribution is -3.00. The summed E-state index contributed by atoms with van der Waals surface area (Å²) in [5, 5.41) is 0. The zero-order valence-electron chi connectivity index (χ0n) is 55.1. The van der Waals surface area contributed by atoms with Crippen molar-refractivity contribution in [2.75, 3.05) is 139 Å². The van der Waals surface area contributed by atoms with Crippen LogP contribution in [0.3, 0.4) is 0 Å². The molecule has 2 heterocycles. The van der Waals surface area contributed by atoms with E-state index in [-0.39, 0.29) is 41.3 Å². The number of quaternary nitrogens is 2. The van der Waals surface area contributed by atoms with E-state index in [1.807, 2.05) is 31.2 Å². The number of fused-ring (bicyclic) bond motifs is 2. The van der Waals surface area contributed by atoms with Gasteiger partial charge in [0.1, 0.15) is 22.2 Å². The quantitative estimate of drug-likeness (QED) is 0.0180. The number of halogens is 1. The highest BCUT2D eigenvalue weighted by Crippen LogP contribution is 2.53. The summed E-state index contributed by atoms with van der Waals surface area (Å²) in [4.78, 5) is 25.8. The number of methoxy groups -OCH3 is 12. The van der Waals surface area contributed by atoms with Crippen molar-refractivity contribution in [1.82, 2.24) is 0 Å². The number of benzene rings is 5. The smallest absolute Gasteiger partial charge is 0.305 e. The molecule has 5 aromatic rings. The highest BCUT2D eigenvalue weighted by atomic mass is 35.5. The minimum atomic E-state index is -4.27. The van der Waals surface area contributed by atoms with E-state index in [1.54, 1.807) is 97.5 Å². The van der Waals surface area contributed by atoms with E-state index < -0.39 is 10.1 Å². The minimum absolute atomic E-state index is 0. The van der Waals surface area contributed by atoms with Crippen molar-refractivity contribution in [2.24, 2.45) is 0 Å². The van der Waals surface area contributed by atoms with Crippen molar-refractivity contribution < 1.29 is 110 Å². The molecular weight excluding hydrogens is 1200 g/mol. The summed E-state index contributed by atoms with van der Waals surface area (Å²) < 4.78 is 114. The normalized spacial score (nSPS) is 17.3. The van der Waals surface area contributed by atoms with E-state index in [1.165, 1.54) is 12.1 Å². The van der Waals surface area contributed by atoms with E-state index in [9.17, 15) is 22.6 Å². The molecule has 0 bridgehead atoms. The largest absolute Gasteiger partial charge is 1.00 e. The van der Waals surface area contributed by atoms with Crippen LogP contribution in [0.1, 0.15) is 102 Å². The Morgan fingerprint density at radius 2 is 0.778 bits per heavy atom. The molecule has 7 rings (SSSR count). The van der Waals surface area contributed by atoms with Crippen LogP contribution in [0.15, 0.2) is 65.6 Å². The zero-order chi connectivity index (χ0) is 65.1. The molecule has 0 aromatic heterocycles. The molecule has 0 radical (unpaired) electrons. The van der Waals surface area contributed by atoms with Gasteiger partial charge in [0.05, 0.1) is 155 Å². The van der Waals surface area contributed by atoms with E-state index >= 15 is 0 Å². The number of carbonyl (C=O) groups is 2. The van der Waals surface area contributed by atoms with E-state index in [0.717, 1.165) is 90.8 Å². The van der Waals surface area contributed by atoms with Gasteiger partial charge in [-0.15, -0.1) is 0 Å². The molecule has 0 saturated heterocycles. The van der Waals surface area contributed by atoms with Gasteiger partial charge in [0.25, 0.3) is 0 Å². The van der Waals surface area contributed by atoms with Crippen LogP contribution in [0.25, 0.3) is 0 Å². The Balaban J connectivity index is 0.00000111. The van der Waals surface area contributed by atoms with Gasteiger partial charge >= 0.3 is 11.9 Å². The average Bonchev–Trinajstić information content (AvgIpc) is 0.856. The number of hydrogen-bond donors (Lipinski definition) is 0. The number of hydrogen-bond acceptors (Lipinski definition) is 19. The van der Waals surface area contributed by atoms with Crippen molar-refractivity contribution in [2.45, 2.75) is 101 Å². The van der Waals surface area contributed by atoms with Crippen molar-refractivity contribution in [3.63, 3.8) is 0 Å². The Kier molecular flexibility index (Phi) is 28.0. The fraction of sp³-hybridized carbons (Fsp3) is 0.522. The summed E-state index contributed by atoms with van der Waals surface area (Å²) in [6.07, 6.45) is 7.80. The molecule has 5 aromatic carbocycles. The van der Waals surface area contributed by atoms with Crippen LogP contribution in [0.2, 0.25) is 0 Å². The van der Waals surface area contributed by atoms with Crippen LogP contribution in [0.4, 0.5) is 0 Å². The second-order valence-electron chi connectivity index (χ2n) is 22.6. The highest BCUT2D eigenvalue weighted by molar-refractivity contribution is 7.85. The van der Waals surface area contributed by atoms with Crippen molar-refractivity contribution in [3.8, 4) is 69.0 Å². The molecule has 0 saturated carbocycles. The first-order chi connectivity index (χ1) is 42.7. The van der Waals surface area contributed by atoms with Crippen LogP contribution in [-0.2, 0) is 54.9 Å². The van der Waals surface area contributed by atoms with Gasteiger partial charge in [-0.3, -0.25) is 9.59 Å². The molecule has 0 spiro atoms. The average molecular weight is 1300 g/mol. The molecule has 21 nitrogen and oxygen atoms in total. The lowest BCUT2D eigenvalue weighted by molar-refractivity contribution is -0.941. The SMILES string of the molecule is COc1cc(CC2c3c(cc(OC)c(OC)c3OC)CC[N+]2(C)CCCOC(=O)CCCCCCC(=O)OCCC[N@+]2(C)CCc3cc(OC)c(OC)c(OC)c3[C@H]2Cc2cc(OC)c(OC)c(OC)c2)cc(OC)c1OC.Cc1ccc(S(=O)(=O)[O-])cc1.[Cl-]. The van der Waals surface area contributed by atoms with Crippen molar-refractivity contribution in [1.29, 1.82) is 0 Å². The lowest BCUT2D eigenvalue weighted by Gasteiger charge is -2.46. The fourth-order valence-corrected chi connectivity index (χ4v) is 12.9. The minimum Gasteiger partial charge on any atom is -1.00 e. The van der Waals surface area contributed by atoms with E-state index in [4.69, 9.17) is 66.3 Å². The van der Waals surface area contributed by atoms with Gasteiger partial charge < -0.3 is 92.2 Å². The van der Waals surface area contributed by atoms with E-state index in [2.05, 4.69) is 26.2 Å². The highest BCUT2D eigenvalue weighted by Gasteiger charge is 2.45. The first-order valence-electron chi connectivity index (χ1n) is 29.9. The number of nitrogens with zero attached hydrogens (tertiary/aromatic N) is 2. The standard InChI is InChI=1S/C60H86N2O16.C7H8O3S.ClH/c1-61(27-23-41-37-49(69-7)57(73-11)59(75-13)53(41)43(61)31-39-33-45(65-3)55(71-9)46(34-39)66-4)25-19-29-77-51(63)21-17-15-16-18-22-52(64)78-30-20-26-62(2)28-24-42-38-50(70-8)58(74-12)60(76-14)54(42)44(62)32-40-35-47(67-5)56(72-10)48(36-40)68-6;1-6-2-4-7(5-3-6)11(8,9)10;/h33-38,43-44H,15-32H2,1-14H3;2-5H,1H3,(H,8,9,10);1H/q+2;;/p-2/t43-,44?,61-,62?;;/m1../s1. The second-order valence-corrected chi connectivity index (χ2v) is 24.0. The zero-order valence-corrected chi connectivity index (χ0v) is 56.7. The molecule has 0 fully saturated rings. The predicted octanol–water partition coefficient (Wildman–Crippen LogP) is 7.17. The third-order valence-electron chi connectivity index (χ3n) is 17.1. The van der Waals surface area contributed by atoms with Crippen LogP contribution in [-0.4, -0.2) is 173 Å². The molecule has 2 aliphatic heterocycles. The Morgan fingerprint density at radius 1 is 0.456 bits per heavy atom. The number of likely N-dealkylation sites (N-methyl/N-ethyl adjacent to an activating group) is 2. The van der Waals surface area contributed by atoms with Gasteiger partial charge in [0, 0.05) is 51.4 Å². The number of unbranched alkanes of at least 4 members (excludes halogenated alkanes) is 3. The van der Waals surface area contributed by atoms with Gasteiger partial charge in [0.2, 0.25) is 23.0 Å². The van der Waals surface area contributed by atoms with Gasteiger partial charge in [-0.1, -0.05) is 30.5 Å². The molecule has 2 aliphatic rings. The van der Waals surface area contributed by atoms with Crippen LogP contribution >= 0.6 is 0 Å². The van der Waals surface area contributed by atoms with Crippen LogP contribution < -0.4 is 69.2 Å². The maximum absolute atomic E-state index is 13.0. The maximum Gasteiger partial charge on any atom is 0.305 e. The van der Waals surface area contributed by atoms with Crippen molar-refractivity contribution in [3.05, 3.63) is 99.6 Å². The molecule has 0 aliphatic carbocycles. The summed E-state index contributed by atoms with van der Waals surface area (Å²) >= 11 is 0. The number of esters is 2. The topological polar surface area (TPSA) is 221 Å². The Morgan fingerprint density at radius 3 is 1.08 bits per heavy atom. The molecule has 0 N–H and O–H groups in total. The Hall–Kier alpha value is -7.24. The Labute approximate surface area is 538 Å². The summed E-state index contributed by atoms with van der Waals surface area (Å²) in [5.74, 6) is 6.58. The molecule has 90 heavy (non-hydrogen) atoms. The molecule has 0 amide bonds. The van der Waals surface area contributed by atoms with Crippen LogP contribution in [0, 0.1) is 6.92 Å². The first-order valence-corrected chi connectivity index (χ1v) is 31.3. The summed E-state index contributed by atoms with van der Waals surface area (Å²) in [7, 11) is 19.7. The fourth-order valence-electron chi connectivity index (χ4n) is 12.4. The number of aryl methyl sites for hydroxylation is 1. The molecular formula is C67H93ClN2O19S. The van der Waals surface area contributed by atoms with Gasteiger partial charge in [-0.05, 0) is 90.6 Å². The second kappa shape index (κ2) is 34.3. The molecule has 498 valence electrons. The summed E-state index contributed by atoms with van der Waals surface area (Å²) in [6, 6.07) is 17.7. The summed E-state index contributed by atoms with van der Waals surface area (Å²) in [5.41, 5.74) is 7.33. The van der Waals surface area contributed by atoms with E-state index in [0.29, 0.717) is 143 Å². The predicted molar refractivity (Wildman–Crippen MR) is 335 cm³/mol. The third kappa shape index (κ3) is 17.8. The third-order valence-corrected chi connectivity index (χ3v) is 18.0. The van der Waals surface area contributed by atoms with Gasteiger partial charge in [-0.25, -0.2) is 8.42 Å². The number of carbonyl (C=O) groups excluding carboxylic acids is 2. The first kappa shape index (κ1) is 73.5. The van der Waals surface area contributed by atoms with Crippen molar-refractivity contribution >= 4 is 22.1 Å². The Bertz CT molecular complexity index is 3060. The molecule has 2 unspecified atom stereocenters.